The molecule has 5 heteroatoms. The lowest BCUT2D eigenvalue weighted by molar-refractivity contribution is -0.145. The van der Waals surface area contributed by atoms with Crippen molar-refractivity contribution in [3.8, 4) is 0 Å². The molecule has 0 aromatic rings. The molecule has 0 aromatic carbocycles. The molecule has 1 saturated heterocycles. The molecule has 1 aliphatic heterocycles. The molecule has 0 spiro atoms. The minimum atomic E-state index is -0.216. The zero-order valence-electron chi connectivity index (χ0n) is 9.19. The summed E-state index contributed by atoms with van der Waals surface area (Å²) in [5, 5.41) is 0. The van der Waals surface area contributed by atoms with E-state index in [0.29, 0.717) is 32.7 Å². The van der Waals surface area contributed by atoms with E-state index in [-0.39, 0.29) is 18.0 Å². The number of esters is 2. The van der Waals surface area contributed by atoms with Crippen LogP contribution >= 0.6 is 0 Å². The monoisotopic (exact) mass is 215 g/mol. The minimum Gasteiger partial charge on any atom is -0.466 e. The average Bonchev–Trinajstić information content (AvgIpc) is 2.95. The van der Waals surface area contributed by atoms with Crippen molar-refractivity contribution < 1.29 is 19.1 Å². The van der Waals surface area contributed by atoms with Crippen molar-refractivity contribution in [3.05, 3.63) is 0 Å². The number of ether oxygens (including phenoxy) is 2. The zero-order valence-corrected chi connectivity index (χ0v) is 9.19. The van der Waals surface area contributed by atoms with Gasteiger partial charge in [-0.15, -0.1) is 0 Å². The molecule has 1 rings (SSSR count). The minimum absolute atomic E-state index is 0.139. The smallest absolute Gasteiger partial charge is 0.324 e. The molecule has 2 unspecified atom stereocenters. The van der Waals surface area contributed by atoms with Crippen LogP contribution in [0.5, 0.6) is 0 Å². The lowest BCUT2D eigenvalue weighted by atomic mass is 10.4. The Balaban J connectivity index is 2.11. The summed E-state index contributed by atoms with van der Waals surface area (Å²) in [7, 11) is 0. The van der Waals surface area contributed by atoms with Gasteiger partial charge in [0.1, 0.15) is 6.04 Å². The standard InChI is InChI=1S/C10H17NO4/c1-3-14-9(12)5-6-11-7-8(11)10(13)15-4-2/h8H,3-7H2,1-2H3. The Morgan fingerprint density at radius 3 is 2.53 bits per heavy atom. The Labute approximate surface area is 89.3 Å². The van der Waals surface area contributed by atoms with E-state index < -0.39 is 0 Å². The van der Waals surface area contributed by atoms with Crippen molar-refractivity contribution in [1.29, 1.82) is 0 Å². The summed E-state index contributed by atoms with van der Waals surface area (Å²) in [6.45, 7) is 5.63. The molecule has 0 radical (unpaired) electrons. The molecule has 0 bridgehead atoms. The molecule has 0 N–H and O–H groups in total. The van der Waals surface area contributed by atoms with Crippen molar-refractivity contribution in [1.82, 2.24) is 4.90 Å². The van der Waals surface area contributed by atoms with Crippen molar-refractivity contribution >= 4 is 11.9 Å². The molecule has 0 aromatic heterocycles. The Morgan fingerprint density at radius 1 is 1.27 bits per heavy atom. The predicted octanol–water partition coefficient (Wildman–Crippen LogP) is 0.187. The molecule has 0 saturated carbocycles. The maximum Gasteiger partial charge on any atom is 0.324 e. The number of hydrogen-bond acceptors (Lipinski definition) is 5. The highest BCUT2D eigenvalue weighted by molar-refractivity contribution is 5.79. The summed E-state index contributed by atoms with van der Waals surface area (Å²) in [6.07, 6.45) is 0.337. The molecule has 5 nitrogen and oxygen atoms in total. The van der Waals surface area contributed by atoms with Crippen LogP contribution in [0.25, 0.3) is 0 Å². The van der Waals surface area contributed by atoms with Crippen LogP contribution in [-0.4, -0.2) is 49.2 Å². The summed E-state index contributed by atoms with van der Waals surface area (Å²) in [5.41, 5.74) is 0. The van der Waals surface area contributed by atoms with Crippen molar-refractivity contribution in [2.24, 2.45) is 0 Å². The van der Waals surface area contributed by atoms with E-state index in [0.717, 1.165) is 0 Å². The third-order valence-corrected chi connectivity index (χ3v) is 2.18. The quantitative estimate of drug-likeness (QED) is 0.467. The highest BCUT2D eigenvalue weighted by Gasteiger charge is 2.41. The van der Waals surface area contributed by atoms with Gasteiger partial charge < -0.3 is 9.47 Å². The molecular formula is C10H17NO4. The SMILES string of the molecule is CCOC(=O)CCN1CC1C(=O)OCC. The second-order valence-electron chi connectivity index (χ2n) is 3.32. The topological polar surface area (TPSA) is 55.6 Å². The second kappa shape index (κ2) is 5.70. The number of carbonyl (C=O) groups excluding carboxylic acids is 2. The summed E-state index contributed by atoms with van der Waals surface area (Å²) >= 11 is 0. The van der Waals surface area contributed by atoms with Gasteiger partial charge >= 0.3 is 11.9 Å². The first-order chi connectivity index (χ1) is 7.19. The first kappa shape index (κ1) is 12.0. The van der Waals surface area contributed by atoms with Crippen molar-refractivity contribution in [3.63, 3.8) is 0 Å². The molecule has 0 aliphatic carbocycles. The van der Waals surface area contributed by atoms with E-state index in [1.165, 1.54) is 0 Å². The second-order valence-corrected chi connectivity index (χ2v) is 3.32. The van der Waals surface area contributed by atoms with E-state index in [9.17, 15) is 9.59 Å². The fraction of sp³-hybridized carbons (Fsp3) is 0.800. The fourth-order valence-corrected chi connectivity index (χ4v) is 1.35. The third kappa shape index (κ3) is 3.87. The molecule has 86 valence electrons. The average molecular weight is 215 g/mol. The van der Waals surface area contributed by atoms with Gasteiger partial charge in [0.05, 0.1) is 19.6 Å². The lowest BCUT2D eigenvalue weighted by Crippen LogP contribution is -2.18. The van der Waals surface area contributed by atoms with Gasteiger partial charge in [-0.05, 0) is 13.8 Å². The van der Waals surface area contributed by atoms with Crippen molar-refractivity contribution in [2.45, 2.75) is 26.3 Å². The molecule has 0 amide bonds. The van der Waals surface area contributed by atoms with Crippen LogP contribution < -0.4 is 0 Å². The molecule has 15 heavy (non-hydrogen) atoms. The number of rotatable bonds is 6. The number of nitrogens with zero attached hydrogens (tertiary/aromatic N) is 1. The summed E-state index contributed by atoms with van der Waals surface area (Å²) in [5.74, 6) is -0.409. The van der Waals surface area contributed by atoms with Crippen LogP contribution in [0.4, 0.5) is 0 Å². The van der Waals surface area contributed by atoms with Crippen LogP contribution in [0.1, 0.15) is 20.3 Å². The number of carbonyl (C=O) groups is 2. The molecular weight excluding hydrogens is 198 g/mol. The van der Waals surface area contributed by atoms with Gasteiger partial charge in [-0.25, -0.2) is 0 Å². The van der Waals surface area contributed by atoms with Gasteiger partial charge in [-0.3, -0.25) is 14.5 Å². The summed E-state index contributed by atoms with van der Waals surface area (Å²) < 4.78 is 9.64. The largest absolute Gasteiger partial charge is 0.466 e. The Kier molecular flexibility index (Phi) is 4.55. The van der Waals surface area contributed by atoms with Crippen molar-refractivity contribution in [2.75, 3.05) is 26.3 Å². The zero-order chi connectivity index (χ0) is 11.3. The first-order valence-corrected chi connectivity index (χ1v) is 5.25. The molecule has 1 aliphatic rings. The summed E-state index contributed by atoms with van der Waals surface area (Å²) in [6, 6.07) is -0.139. The van der Waals surface area contributed by atoms with E-state index in [4.69, 9.17) is 9.47 Å². The Bertz CT molecular complexity index is 242. The van der Waals surface area contributed by atoms with Gasteiger partial charge in [0.2, 0.25) is 0 Å². The van der Waals surface area contributed by atoms with Crippen LogP contribution in [-0.2, 0) is 19.1 Å². The molecule has 2 atom stereocenters. The van der Waals surface area contributed by atoms with Gasteiger partial charge in [-0.1, -0.05) is 0 Å². The maximum atomic E-state index is 11.2. The molecule has 1 heterocycles. The predicted molar refractivity (Wildman–Crippen MR) is 53.2 cm³/mol. The van der Waals surface area contributed by atoms with E-state index >= 15 is 0 Å². The van der Waals surface area contributed by atoms with Gasteiger partial charge in [0.25, 0.3) is 0 Å². The van der Waals surface area contributed by atoms with Crippen LogP contribution in [0, 0.1) is 0 Å². The third-order valence-electron chi connectivity index (χ3n) is 2.18. The van der Waals surface area contributed by atoms with E-state index in [1.54, 1.807) is 13.8 Å². The first-order valence-electron chi connectivity index (χ1n) is 5.25. The van der Waals surface area contributed by atoms with Gasteiger partial charge in [0, 0.05) is 13.1 Å². The van der Waals surface area contributed by atoms with Gasteiger partial charge in [0.15, 0.2) is 0 Å². The number of hydrogen-bond donors (Lipinski definition) is 0. The maximum absolute atomic E-state index is 11.2. The Hall–Kier alpha value is -1.10. The highest BCUT2D eigenvalue weighted by atomic mass is 16.5. The van der Waals surface area contributed by atoms with E-state index in [1.807, 2.05) is 4.90 Å². The Morgan fingerprint density at radius 2 is 1.93 bits per heavy atom. The van der Waals surface area contributed by atoms with Crippen LogP contribution in [0.15, 0.2) is 0 Å². The lowest BCUT2D eigenvalue weighted by Gasteiger charge is -2.03. The van der Waals surface area contributed by atoms with Crippen LogP contribution in [0.2, 0.25) is 0 Å². The summed E-state index contributed by atoms with van der Waals surface area (Å²) in [4.78, 5) is 24.1. The van der Waals surface area contributed by atoms with Crippen LogP contribution in [0.3, 0.4) is 0 Å². The van der Waals surface area contributed by atoms with E-state index in [2.05, 4.69) is 0 Å². The normalized spacial score (nSPS) is 23.3. The fourth-order valence-electron chi connectivity index (χ4n) is 1.35. The highest BCUT2D eigenvalue weighted by Crippen LogP contribution is 2.18. The molecule has 1 fully saturated rings. The van der Waals surface area contributed by atoms with Gasteiger partial charge in [-0.2, -0.15) is 0 Å².